The summed E-state index contributed by atoms with van der Waals surface area (Å²) >= 11 is 0. The second kappa shape index (κ2) is 4.36. The van der Waals surface area contributed by atoms with E-state index in [-0.39, 0.29) is 5.54 Å². The van der Waals surface area contributed by atoms with E-state index >= 15 is 0 Å². The fourth-order valence-corrected chi connectivity index (χ4v) is 1.01. The molecule has 0 aliphatic carbocycles. The van der Waals surface area contributed by atoms with Crippen molar-refractivity contribution in [2.75, 3.05) is 6.61 Å². The molecule has 2 N–H and O–H groups in total. The van der Waals surface area contributed by atoms with E-state index in [0.29, 0.717) is 12.6 Å². The highest BCUT2D eigenvalue weighted by Gasteiger charge is 2.22. The van der Waals surface area contributed by atoms with Crippen molar-refractivity contribution < 1.29 is 4.74 Å². The topological polar surface area (TPSA) is 78.8 Å². The summed E-state index contributed by atoms with van der Waals surface area (Å²) < 4.78 is 6.90. The minimum Gasteiger partial charge on any atom is -0.461 e. The Hall–Kier alpha value is -1.17. The molecule has 0 fully saturated rings. The van der Waals surface area contributed by atoms with Crippen LogP contribution in [0.25, 0.3) is 0 Å². The van der Waals surface area contributed by atoms with Gasteiger partial charge >= 0.3 is 6.01 Å². The van der Waals surface area contributed by atoms with Gasteiger partial charge in [0.1, 0.15) is 6.61 Å². The average molecular weight is 199 g/mol. The lowest BCUT2D eigenvalue weighted by molar-refractivity contribution is 0.187. The van der Waals surface area contributed by atoms with Crippen LogP contribution in [0.2, 0.25) is 0 Å². The molecular formula is C8H17N5O. The molecule has 1 aromatic heterocycles. The Morgan fingerprint density at radius 1 is 1.43 bits per heavy atom. The molecule has 0 radical (unpaired) electrons. The van der Waals surface area contributed by atoms with E-state index in [1.165, 1.54) is 4.68 Å². The number of hydrogen-bond acceptors (Lipinski definition) is 5. The first-order valence-electron chi connectivity index (χ1n) is 4.75. The van der Waals surface area contributed by atoms with E-state index in [0.717, 1.165) is 12.8 Å². The van der Waals surface area contributed by atoms with Gasteiger partial charge < -0.3 is 10.5 Å². The third kappa shape index (κ3) is 2.41. The molecule has 1 heterocycles. The SMILES string of the molecule is CCC(N)(CC)COc1nnnn1C. The van der Waals surface area contributed by atoms with Crippen LogP contribution < -0.4 is 10.5 Å². The summed E-state index contributed by atoms with van der Waals surface area (Å²) in [6.07, 6.45) is 1.74. The molecule has 6 heteroatoms. The van der Waals surface area contributed by atoms with E-state index in [9.17, 15) is 0 Å². The Labute approximate surface area is 83.4 Å². The second-order valence-corrected chi connectivity index (χ2v) is 3.44. The molecule has 0 amide bonds. The lowest BCUT2D eigenvalue weighted by Crippen LogP contribution is -2.44. The lowest BCUT2D eigenvalue weighted by Gasteiger charge is -2.25. The number of tetrazole rings is 1. The van der Waals surface area contributed by atoms with Crippen LogP contribution in [-0.2, 0) is 7.05 Å². The highest BCUT2D eigenvalue weighted by atomic mass is 16.5. The summed E-state index contributed by atoms with van der Waals surface area (Å²) in [5.74, 6) is 0. The molecule has 0 saturated heterocycles. The van der Waals surface area contributed by atoms with E-state index < -0.39 is 0 Å². The van der Waals surface area contributed by atoms with Crippen molar-refractivity contribution in [3.8, 4) is 6.01 Å². The number of nitrogens with zero attached hydrogens (tertiary/aromatic N) is 4. The van der Waals surface area contributed by atoms with Crippen molar-refractivity contribution in [1.29, 1.82) is 0 Å². The number of nitrogens with two attached hydrogens (primary N) is 1. The minimum atomic E-state index is -0.286. The van der Waals surface area contributed by atoms with Crippen LogP contribution in [0.3, 0.4) is 0 Å². The van der Waals surface area contributed by atoms with Crippen LogP contribution in [0.15, 0.2) is 0 Å². The zero-order valence-electron chi connectivity index (χ0n) is 8.90. The third-order valence-electron chi connectivity index (χ3n) is 2.48. The summed E-state index contributed by atoms with van der Waals surface area (Å²) in [4.78, 5) is 0. The standard InChI is InChI=1S/C8H17N5O/c1-4-8(9,5-2)6-14-7-10-11-12-13(7)3/h4-6,9H2,1-3H3. The second-order valence-electron chi connectivity index (χ2n) is 3.44. The molecule has 0 saturated carbocycles. The molecule has 0 aliphatic heterocycles. The van der Waals surface area contributed by atoms with Crippen molar-refractivity contribution in [3.63, 3.8) is 0 Å². The van der Waals surface area contributed by atoms with Gasteiger partial charge in [-0.2, -0.15) is 4.68 Å². The molecule has 0 bridgehead atoms. The average Bonchev–Trinajstić information content (AvgIpc) is 2.61. The quantitative estimate of drug-likeness (QED) is 0.728. The summed E-state index contributed by atoms with van der Waals surface area (Å²) in [7, 11) is 1.73. The monoisotopic (exact) mass is 199 g/mol. The van der Waals surface area contributed by atoms with Gasteiger partial charge in [0.15, 0.2) is 0 Å². The molecule has 0 aromatic carbocycles. The molecule has 14 heavy (non-hydrogen) atoms. The highest BCUT2D eigenvalue weighted by Crippen LogP contribution is 2.12. The van der Waals surface area contributed by atoms with Crippen LogP contribution in [-0.4, -0.2) is 32.4 Å². The van der Waals surface area contributed by atoms with E-state index in [1.54, 1.807) is 7.05 Å². The Bertz CT molecular complexity index is 281. The molecule has 1 aromatic rings. The van der Waals surface area contributed by atoms with Crippen molar-refractivity contribution in [2.24, 2.45) is 12.8 Å². The van der Waals surface area contributed by atoms with Gasteiger partial charge in [-0.1, -0.05) is 18.9 Å². The fraction of sp³-hybridized carbons (Fsp3) is 0.875. The predicted molar refractivity (Wildman–Crippen MR) is 51.8 cm³/mol. The molecule has 0 spiro atoms. The van der Waals surface area contributed by atoms with Gasteiger partial charge in [-0.05, 0) is 23.3 Å². The van der Waals surface area contributed by atoms with Crippen molar-refractivity contribution in [2.45, 2.75) is 32.2 Å². The van der Waals surface area contributed by atoms with Crippen molar-refractivity contribution in [1.82, 2.24) is 20.2 Å². The number of aryl methyl sites for hydroxylation is 1. The van der Waals surface area contributed by atoms with E-state index in [1.807, 2.05) is 13.8 Å². The molecular weight excluding hydrogens is 182 g/mol. The van der Waals surface area contributed by atoms with Gasteiger partial charge in [0.2, 0.25) is 0 Å². The molecule has 1 rings (SSSR count). The Balaban J connectivity index is 2.52. The normalized spacial score (nSPS) is 11.7. The maximum atomic E-state index is 6.06. The van der Waals surface area contributed by atoms with Crippen molar-refractivity contribution >= 4 is 0 Å². The number of ether oxygens (including phenoxy) is 1. The zero-order chi connectivity index (χ0) is 10.6. The molecule has 0 atom stereocenters. The minimum absolute atomic E-state index is 0.286. The van der Waals surface area contributed by atoms with Gasteiger partial charge in [-0.15, -0.1) is 0 Å². The summed E-state index contributed by atoms with van der Waals surface area (Å²) in [6, 6.07) is 0.404. The first kappa shape index (κ1) is 10.9. The maximum Gasteiger partial charge on any atom is 0.335 e. The fourth-order valence-electron chi connectivity index (χ4n) is 1.01. The predicted octanol–water partition coefficient (Wildman–Crippen LogP) is 0.106. The number of hydrogen-bond donors (Lipinski definition) is 1. The Kier molecular flexibility index (Phi) is 3.40. The van der Waals surface area contributed by atoms with Gasteiger partial charge in [-0.25, -0.2) is 0 Å². The Morgan fingerprint density at radius 3 is 2.50 bits per heavy atom. The highest BCUT2D eigenvalue weighted by molar-refractivity contribution is 4.89. The van der Waals surface area contributed by atoms with Crippen LogP contribution in [0.5, 0.6) is 6.01 Å². The zero-order valence-corrected chi connectivity index (χ0v) is 8.90. The summed E-state index contributed by atoms with van der Waals surface area (Å²) in [5, 5.41) is 10.8. The molecule has 0 aliphatic rings. The van der Waals surface area contributed by atoms with Crippen LogP contribution >= 0.6 is 0 Å². The first-order valence-corrected chi connectivity index (χ1v) is 4.75. The third-order valence-corrected chi connectivity index (χ3v) is 2.48. The van der Waals surface area contributed by atoms with Gasteiger partial charge in [0, 0.05) is 12.6 Å². The van der Waals surface area contributed by atoms with Crippen molar-refractivity contribution in [3.05, 3.63) is 0 Å². The van der Waals surface area contributed by atoms with Crippen LogP contribution in [0.1, 0.15) is 26.7 Å². The summed E-state index contributed by atoms with van der Waals surface area (Å²) in [6.45, 7) is 4.53. The summed E-state index contributed by atoms with van der Waals surface area (Å²) in [5.41, 5.74) is 5.77. The Morgan fingerprint density at radius 2 is 2.07 bits per heavy atom. The lowest BCUT2D eigenvalue weighted by atomic mass is 9.96. The van der Waals surface area contributed by atoms with Crippen LogP contribution in [0.4, 0.5) is 0 Å². The van der Waals surface area contributed by atoms with Crippen LogP contribution in [0, 0.1) is 0 Å². The first-order chi connectivity index (χ1) is 6.61. The molecule has 0 unspecified atom stereocenters. The maximum absolute atomic E-state index is 6.06. The van der Waals surface area contributed by atoms with E-state index in [4.69, 9.17) is 10.5 Å². The largest absolute Gasteiger partial charge is 0.461 e. The van der Waals surface area contributed by atoms with Gasteiger partial charge in [0.25, 0.3) is 0 Å². The number of aromatic nitrogens is 4. The van der Waals surface area contributed by atoms with Gasteiger partial charge in [0.05, 0.1) is 0 Å². The smallest absolute Gasteiger partial charge is 0.335 e. The molecule has 80 valence electrons. The van der Waals surface area contributed by atoms with E-state index in [2.05, 4.69) is 15.5 Å². The molecule has 6 nitrogen and oxygen atoms in total. The number of rotatable bonds is 5. The van der Waals surface area contributed by atoms with Gasteiger partial charge in [-0.3, -0.25) is 0 Å².